The van der Waals surface area contributed by atoms with E-state index in [-0.39, 0.29) is 11.6 Å². The lowest BCUT2D eigenvalue weighted by atomic mass is 10.1. The highest BCUT2D eigenvalue weighted by Gasteiger charge is 2.14. The van der Waals surface area contributed by atoms with Crippen LogP contribution in [0.5, 0.6) is 5.88 Å². The van der Waals surface area contributed by atoms with Crippen LogP contribution in [-0.2, 0) is 0 Å². The summed E-state index contributed by atoms with van der Waals surface area (Å²) in [6, 6.07) is 3.84. The average molecular weight is 190 g/mol. The SMILES string of the molecule is Cc1ccc(C)c2c(N=O)c(O)[nH]c12. The van der Waals surface area contributed by atoms with Crippen molar-refractivity contribution in [1.82, 2.24) is 4.98 Å². The van der Waals surface area contributed by atoms with E-state index >= 15 is 0 Å². The van der Waals surface area contributed by atoms with Gasteiger partial charge in [-0.25, -0.2) is 0 Å². The third-order valence-electron chi connectivity index (χ3n) is 2.42. The zero-order chi connectivity index (χ0) is 10.3. The van der Waals surface area contributed by atoms with E-state index in [1.807, 2.05) is 26.0 Å². The van der Waals surface area contributed by atoms with Crippen LogP contribution in [0.25, 0.3) is 10.9 Å². The molecule has 0 unspecified atom stereocenters. The molecule has 4 heteroatoms. The molecule has 0 aliphatic heterocycles. The van der Waals surface area contributed by atoms with Gasteiger partial charge in [0.1, 0.15) is 0 Å². The first kappa shape index (κ1) is 8.74. The summed E-state index contributed by atoms with van der Waals surface area (Å²) in [5.74, 6) is -0.160. The zero-order valence-electron chi connectivity index (χ0n) is 7.96. The summed E-state index contributed by atoms with van der Waals surface area (Å²) in [6.07, 6.45) is 0. The van der Waals surface area contributed by atoms with Gasteiger partial charge in [0.25, 0.3) is 0 Å². The number of nitrogens with one attached hydrogen (secondary N) is 1. The molecule has 0 aliphatic carbocycles. The van der Waals surface area contributed by atoms with Crippen LogP contribution >= 0.6 is 0 Å². The smallest absolute Gasteiger partial charge is 0.219 e. The van der Waals surface area contributed by atoms with Crippen LogP contribution in [0.2, 0.25) is 0 Å². The third-order valence-corrected chi connectivity index (χ3v) is 2.42. The van der Waals surface area contributed by atoms with Crippen molar-refractivity contribution in [2.75, 3.05) is 0 Å². The van der Waals surface area contributed by atoms with Crippen LogP contribution < -0.4 is 0 Å². The zero-order valence-corrected chi connectivity index (χ0v) is 7.96. The fourth-order valence-corrected chi connectivity index (χ4v) is 1.66. The van der Waals surface area contributed by atoms with E-state index in [0.29, 0.717) is 5.39 Å². The van der Waals surface area contributed by atoms with Crippen molar-refractivity contribution < 1.29 is 5.11 Å². The first-order valence-electron chi connectivity index (χ1n) is 4.29. The number of nitroso groups, excluding NO2 is 1. The molecule has 0 radical (unpaired) electrons. The maximum Gasteiger partial charge on any atom is 0.219 e. The second-order valence-electron chi connectivity index (χ2n) is 3.36. The average Bonchev–Trinajstić information content (AvgIpc) is 2.50. The van der Waals surface area contributed by atoms with Crippen molar-refractivity contribution in [2.45, 2.75) is 13.8 Å². The fourth-order valence-electron chi connectivity index (χ4n) is 1.66. The number of aromatic hydroxyl groups is 1. The summed E-state index contributed by atoms with van der Waals surface area (Å²) in [5.41, 5.74) is 2.78. The number of aromatic nitrogens is 1. The van der Waals surface area contributed by atoms with Gasteiger partial charge in [-0.3, -0.25) is 0 Å². The maximum absolute atomic E-state index is 10.5. The van der Waals surface area contributed by atoms with Crippen molar-refractivity contribution in [1.29, 1.82) is 0 Å². The van der Waals surface area contributed by atoms with Crippen molar-refractivity contribution in [3.05, 3.63) is 28.2 Å². The molecule has 4 nitrogen and oxygen atoms in total. The number of nitrogens with zero attached hydrogens (tertiary/aromatic N) is 1. The molecular formula is C10H10N2O2. The predicted molar refractivity (Wildman–Crippen MR) is 54.9 cm³/mol. The second kappa shape index (κ2) is 2.83. The Labute approximate surface area is 80.5 Å². The number of aromatic amines is 1. The van der Waals surface area contributed by atoms with Gasteiger partial charge >= 0.3 is 0 Å². The van der Waals surface area contributed by atoms with Crippen LogP contribution in [0.3, 0.4) is 0 Å². The Morgan fingerprint density at radius 1 is 1.29 bits per heavy atom. The minimum atomic E-state index is -0.160. The van der Waals surface area contributed by atoms with E-state index in [9.17, 15) is 10.0 Å². The molecule has 0 saturated carbocycles. The first-order valence-corrected chi connectivity index (χ1v) is 4.29. The van der Waals surface area contributed by atoms with E-state index in [2.05, 4.69) is 10.2 Å². The Kier molecular flexibility index (Phi) is 1.77. The molecule has 0 atom stereocenters. The molecule has 0 fully saturated rings. The van der Waals surface area contributed by atoms with E-state index in [0.717, 1.165) is 16.6 Å². The Morgan fingerprint density at radius 2 is 1.93 bits per heavy atom. The van der Waals surface area contributed by atoms with E-state index < -0.39 is 0 Å². The number of fused-ring (bicyclic) bond motifs is 1. The molecule has 0 amide bonds. The molecule has 0 spiro atoms. The standard InChI is InChI=1S/C10H10N2O2/c1-5-3-4-6(2)8-7(5)9(12-14)10(13)11-8/h3-4,11,13H,1-2H3. The van der Waals surface area contributed by atoms with Gasteiger partial charge in [0.2, 0.25) is 5.88 Å². The fraction of sp³-hybridized carbons (Fsp3) is 0.200. The number of rotatable bonds is 1. The molecule has 0 saturated heterocycles. The van der Waals surface area contributed by atoms with Crippen molar-refractivity contribution in [2.24, 2.45) is 5.18 Å². The number of benzene rings is 1. The molecule has 2 aromatic rings. The molecule has 0 aliphatic rings. The molecule has 14 heavy (non-hydrogen) atoms. The lowest BCUT2D eigenvalue weighted by molar-refractivity contribution is 0.460. The highest BCUT2D eigenvalue weighted by molar-refractivity contribution is 5.98. The van der Waals surface area contributed by atoms with E-state index in [1.165, 1.54) is 0 Å². The van der Waals surface area contributed by atoms with Crippen molar-refractivity contribution in [3.8, 4) is 5.88 Å². The number of hydrogen-bond donors (Lipinski definition) is 2. The summed E-state index contributed by atoms with van der Waals surface area (Å²) < 4.78 is 0. The molecule has 1 aromatic heterocycles. The Balaban J connectivity index is 3.00. The largest absolute Gasteiger partial charge is 0.493 e. The number of aryl methyl sites for hydroxylation is 2. The van der Waals surface area contributed by atoms with Gasteiger partial charge in [-0.05, 0) is 30.2 Å². The molecule has 0 bridgehead atoms. The van der Waals surface area contributed by atoms with E-state index in [1.54, 1.807) is 0 Å². The summed E-state index contributed by atoms with van der Waals surface area (Å²) in [4.78, 5) is 13.3. The van der Waals surface area contributed by atoms with Gasteiger partial charge in [-0.15, -0.1) is 4.91 Å². The summed E-state index contributed by atoms with van der Waals surface area (Å²) in [7, 11) is 0. The molecule has 1 heterocycles. The Morgan fingerprint density at radius 3 is 2.57 bits per heavy atom. The number of hydrogen-bond acceptors (Lipinski definition) is 3. The lowest BCUT2D eigenvalue weighted by Crippen LogP contribution is -1.79. The lowest BCUT2D eigenvalue weighted by Gasteiger charge is -1.98. The van der Waals surface area contributed by atoms with Gasteiger partial charge in [-0.2, -0.15) is 0 Å². The Bertz CT molecular complexity index is 514. The highest BCUT2D eigenvalue weighted by Crippen LogP contribution is 2.38. The second-order valence-corrected chi connectivity index (χ2v) is 3.36. The topological polar surface area (TPSA) is 65.4 Å². The monoisotopic (exact) mass is 190 g/mol. The molecular weight excluding hydrogens is 180 g/mol. The van der Waals surface area contributed by atoms with Crippen molar-refractivity contribution >= 4 is 16.6 Å². The molecule has 2 rings (SSSR count). The molecule has 2 N–H and O–H groups in total. The van der Waals surface area contributed by atoms with Crippen LogP contribution in [-0.4, -0.2) is 10.1 Å². The highest BCUT2D eigenvalue weighted by atomic mass is 16.3. The minimum absolute atomic E-state index is 0.0983. The van der Waals surface area contributed by atoms with Gasteiger partial charge in [0, 0.05) is 5.39 Å². The normalized spacial score (nSPS) is 10.7. The van der Waals surface area contributed by atoms with Crippen LogP contribution in [0.15, 0.2) is 17.3 Å². The van der Waals surface area contributed by atoms with Gasteiger partial charge < -0.3 is 10.1 Å². The minimum Gasteiger partial charge on any atom is -0.493 e. The van der Waals surface area contributed by atoms with Gasteiger partial charge in [0.05, 0.1) is 5.52 Å². The van der Waals surface area contributed by atoms with Crippen molar-refractivity contribution in [3.63, 3.8) is 0 Å². The molecule has 1 aromatic carbocycles. The third kappa shape index (κ3) is 1.00. The molecule has 72 valence electrons. The number of H-pyrrole nitrogens is 1. The van der Waals surface area contributed by atoms with E-state index in [4.69, 9.17) is 0 Å². The summed E-state index contributed by atoms with van der Waals surface area (Å²) in [6.45, 7) is 3.79. The van der Waals surface area contributed by atoms with Crippen LogP contribution in [0.1, 0.15) is 11.1 Å². The van der Waals surface area contributed by atoms with Gasteiger partial charge in [-0.1, -0.05) is 12.1 Å². The summed E-state index contributed by atoms with van der Waals surface area (Å²) >= 11 is 0. The Hall–Kier alpha value is -1.84. The summed E-state index contributed by atoms with van der Waals surface area (Å²) in [5, 5.41) is 13.0. The predicted octanol–water partition coefficient (Wildman–Crippen LogP) is 2.89. The van der Waals surface area contributed by atoms with Gasteiger partial charge in [0.15, 0.2) is 5.69 Å². The van der Waals surface area contributed by atoms with Crippen LogP contribution in [0.4, 0.5) is 5.69 Å². The van der Waals surface area contributed by atoms with Crippen LogP contribution in [0, 0.1) is 18.8 Å². The maximum atomic E-state index is 10.5. The quantitative estimate of drug-likeness (QED) is 0.679. The first-order chi connectivity index (χ1) is 6.65.